The van der Waals surface area contributed by atoms with Gasteiger partial charge < -0.3 is 10.2 Å². The summed E-state index contributed by atoms with van der Waals surface area (Å²) in [6, 6.07) is 6.86. The molecule has 2 nitrogen and oxygen atoms in total. The monoisotopic (exact) mass is 292 g/mol. The molecule has 2 fully saturated rings. The summed E-state index contributed by atoms with van der Waals surface area (Å²) in [5.74, 6) is 0.849. The van der Waals surface area contributed by atoms with Crippen LogP contribution in [0.1, 0.15) is 38.7 Å². The number of hydrogen-bond acceptors (Lipinski definition) is 2. The molecule has 1 saturated carbocycles. The summed E-state index contributed by atoms with van der Waals surface area (Å²) in [6.45, 7) is 8.98. The maximum atomic E-state index is 6.33. The molecule has 1 heterocycles. The lowest BCUT2D eigenvalue weighted by Gasteiger charge is -2.48. The molecule has 0 amide bonds. The summed E-state index contributed by atoms with van der Waals surface area (Å²) in [5, 5.41) is 4.70. The Morgan fingerprint density at radius 3 is 2.80 bits per heavy atom. The fourth-order valence-corrected chi connectivity index (χ4v) is 3.72. The van der Waals surface area contributed by atoms with Crippen LogP contribution in [0.2, 0.25) is 5.02 Å². The minimum absolute atomic E-state index is 0.264. The lowest BCUT2D eigenvalue weighted by Crippen LogP contribution is -2.64. The minimum atomic E-state index is 0.264. The minimum Gasteiger partial charge on any atom is -0.365 e. The largest absolute Gasteiger partial charge is 0.365 e. The Morgan fingerprint density at radius 1 is 1.40 bits per heavy atom. The molecule has 20 heavy (non-hydrogen) atoms. The van der Waals surface area contributed by atoms with Crippen molar-refractivity contribution in [1.29, 1.82) is 0 Å². The van der Waals surface area contributed by atoms with Gasteiger partial charge in [-0.3, -0.25) is 0 Å². The van der Waals surface area contributed by atoms with Crippen molar-refractivity contribution in [3.8, 4) is 0 Å². The maximum Gasteiger partial charge on any atom is 0.0455 e. The molecule has 0 aromatic heterocycles. The van der Waals surface area contributed by atoms with Gasteiger partial charge in [0.1, 0.15) is 0 Å². The van der Waals surface area contributed by atoms with Crippen molar-refractivity contribution in [2.24, 2.45) is 5.92 Å². The number of benzene rings is 1. The number of nitrogens with zero attached hydrogens (tertiary/aromatic N) is 1. The highest BCUT2D eigenvalue weighted by Crippen LogP contribution is 2.43. The molecule has 1 aliphatic carbocycles. The third kappa shape index (κ3) is 2.44. The van der Waals surface area contributed by atoms with Crippen molar-refractivity contribution < 1.29 is 0 Å². The summed E-state index contributed by atoms with van der Waals surface area (Å²) in [7, 11) is 0. The Morgan fingerprint density at radius 2 is 2.15 bits per heavy atom. The zero-order valence-corrected chi connectivity index (χ0v) is 13.5. The predicted molar refractivity (Wildman–Crippen MR) is 86.7 cm³/mol. The molecule has 2 unspecified atom stereocenters. The van der Waals surface area contributed by atoms with E-state index in [0.29, 0.717) is 6.04 Å². The highest BCUT2D eigenvalue weighted by atomic mass is 35.5. The van der Waals surface area contributed by atoms with Crippen LogP contribution in [-0.2, 0) is 0 Å². The SMILES string of the molecule is CCC1CNC(C)(C2CC2)CN1c1cccc(Cl)c1C. The van der Waals surface area contributed by atoms with Gasteiger partial charge in [0.2, 0.25) is 0 Å². The lowest BCUT2D eigenvalue weighted by molar-refractivity contribution is 0.252. The van der Waals surface area contributed by atoms with Crippen LogP contribution >= 0.6 is 11.6 Å². The number of anilines is 1. The Bertz CT molecular complexity index is 498. The molecule has 1 aromatic rings. The van der Waals surface area contributed by atoms with Crippen molar-refractivity contribution in [2.75, 3.05) is 18.0 Å². The average Bonchev–Trinajstić information content (AvgIpc) is 3.27. The standard InChI is InChI=1S/C17H25ClN2/c1-4-14-10-19-17(3,13-8-9-13)11-20(14)16-7-5-6-15(18)12(16)2/h5-7,13-14,19H,4,8-11H2,1-3H3. The van der Waals surface area contributed by atoms with Crippen molar-refractivity contribution in [3.05, 3.63) is 28.8 Å². The molecule has 1 saturated heterocycles. The Balaban J connectivity index is 1.92. The number of rotatable bonds is 3. The molecule has 1 N–H and O–H groups in total. The predicted octanol–water partition coefficient (Wildman–Crippen LogP) is 4.01. The average molecular weight is 293 g/mol. The molecule has 3 rings (SSSR count). The van der Waals surface area contributed by atoms with E-state index < -0.39 is 0 Å². The normalized spacial score (nSPS) is 30.6. The highest BCUT2D eigenvalue weighted by Gasteiger charge is 2.46. The topological polar surface area (TPSA) is 15.3 Å². The van der Waals surface area contributed by atoms with Crippen LogP contribution in [0.25, 0.3) is 0 Å². The first kappa shape index (κ1) is 14.2. The second-order valence-electron chi connectivity index (χ2n) is 6.65. The van der Waals surface area contributed by atoms with Crippen LogP contribution in [0.15, 0.2) is 18.2 Å². The summed E-state index contributed by atoms with van der Waals surface area (Å²) < 4.78 is 0. The van der Waals surface area contributed by atoms with E-state index in [-0.39, 0.29) is 5.54 Å². The second-order valence-corrected chi connectivity index (χ2v) is 7.05. The van der Waals surface area contributed by atoms with Gasteiger partial charge in [0, 0.05) is 35.4 Å². The van der Waals surface area contributed by atoms with E-state index in [9.17, 15) is 0 Å². The summed E-state index contributed by atoms with van der Waals surface area (Å²) >= 11 is 6.33. The van der Waals surface area contributed by atoms with Crippen LogP contribution in [0.3, 0.4) is 0 Å². The number of piperazine rings is 1. The summed E-state index contributed by atoms with van der Waals surface area (Å²) in [4.78, 5) is 2.59. The van der Waals surface area contributed by atoms with Gasteiger partial charge in [-0.2, -0.15) is 0 Å². The van der Waals surface area contributed by atoms with E-state index in [1.165, 1.54) is 30.5 Å². The molecule has 1 aliphatic heterocycles. The molecule has 0 spiro atoms. The Hall–Kier alpha value is -0.730. The van der Waals surface area contributed by atoms with E-state index in [0.717, 1.165) is 24.0 Å². The molecule has 1 aromatic carbocycles. The van der Waals surface area contributed by atoms with Crippen molar-refractivity contribution >= 4 is 17.3 Å². The molecule has 2 aliphatic rings. The molecule has 110 valence electrons. The van der Waals surface area contributed by atoms with E-state index in [2.05, 4.69) is 43.1 Å². The molecular formula is C17H25ClN2. The molecular weight excluding hydrogens is 268 g/mol. The zero-order chi connectivity index (χ0) is 14.3. The van der Waals surface area contributed by atoms with Gasteiger partial charge in [-0.1, -0.05) is 24.6 Å². The summed E-state index contributed by atoms with van der Waals surface area (Å²) in [6.07, 6.45) is 3.92. The highest BCUT2D eigenvalue weighted by molar-refractivity contribution is 6.31. The second kappa shape index (κ2) is 5.23. The van der Waals surface area contributed by atoms with E-state index in [1.807, 2.05) is 6.07 Å². The van der Waals surface area contributed by atoms with Gasteiger partial charge in [0.15, 0.2) is 0 Å². The molecule has 3 heteroatoms. The first-order chi connectivity index (χ1) is 9.55. The van der Waals surface area contributed by atoms with Gasteiger partial charge in [0.25, 0.3) is 0 Å². The number of hydrogen-bond donors (Lipinski definition) is 1. The maximum absolute atomic E-state index is 6.33. The van der Waals surface area contributed by atoms with E-state index in [1.54, 1.807) is 0 Å². The van der Waals surface area contributed by atoms with Gasteiger partial charge in [-0.05, 0) is 56.7 Å². The molecule has 0 radical (unpaired) electrons. The third-order valence-electron chi connectivity index (χ3n) is 5.18. The van der Waals surface area contributed by atoms with Crippen LogP contribution < -0.4 is 10.2 Å². The first-order valence-electron chi connectivity index (χ1n) is 7.82. The van der Waals surface area contributed by atoms with Crippen LogP contribution in [0.5, 0.6) is 0 Å². The van der Waals surface area contributed by atoms with Crippen LogP contribution in [-0.4, -0.2) is 24.7 Å². The Labute approximate surface area is 127 Å². The zero-order valence-electron chi connectivity index (χ0n) is 12.7. The fourth-order valence-electron chi connectivity index (χ4n) is 3.55. The van der Waals surface area contributed by atoms with Gasteiger partial charge >= 0.3 is 0 Å². The number of nitrogens with one attached hydrogen (secondary N) is 1. The van der Waals surface area contributed by atoms with Crippen molar-refractivity contribution in [3.63, 3.8) is 0 Å². The van der Waals surface area contributed by atoms with Crippen molar-refractivity contribution in [2.45, 2.75) is 51.6 Å². The van der Waals surface area contributed by atoms with Gasteiger partial charge in [-0.25, -0.2) is 0 Å². The lowest BCUT2D eigenvalue weighted by atomic mass is 9.89. The fraction of sp³-hybridized carbons (Fsp3) is 0.647. The van der Waals surface area contributed by atoms with Gasteiger partial charge in [-0.15, -0.1) is 0 Å². The first-order valence-corrected chi connectivity index (χ1v) is 8.19. The quantitative estimate of drug-likeness (QED) is 0.906. The number of halogens is 1. The smallest absolute Gasteiger partial charge is 0.0455 e. The van der Waals surface area contributed by atoms with Crippen molar-refractivity contribution in [1.82, 2.24) is 5.32 Å². The van der Waals surface area contributed by atoms with E-state index >= 15 is 0 Å². The molecule has 0 bridgehead atoms. The van der Waals surface area contributed by atoms with Gasteiger partial charge in [0.05, 0.1) is 0 Å². The molecule has 2 atom stereocenters. The third-order valence-corrected chi connectivity index (χ3v) is 5.59. The Kier molecular flexibility index (Phi) is 3.72. The van der Waals surface area contributed by atoms with Crippen LogP contribution in [0, 0.1) is 12.8 Å². The van der Waals surface area contributed by atoms with Crippen LogP contribution in [0.4, 0.5) is 5.69 Å². The summed E-state index contributed by atoms with van der Waals surface area (Å²) in [5.41, 5.74) is 2.80. The van der Waals surface area contributed by atoms with E-state index in [4.69, 9.17) is 11.6 Å².